The van der Waals surface area contributed by atoms with Crippen LogP contribution in [0.4, 0.5) is 0 Å². The van der Waals surface area contributed by atoms with Gasteiger partial charge in [-0.25, -0.2) is 0 Å². The summed E-state index contributed by atoms with van der Waals surface area (Å²) < 4.78 is 0. The lowest BCUT2D eigenvalue weighted by Crippen LogP contribution is -2.19. The Morgan fingerprint density at radius 1 is 0.682 bits per heavy atom. The minimum atomic E-state index is -0.0477. The molecule has 2 heteroatoms. The molecule has 0 fully saturated rings. The molecule has 1 aliphatic heterocycles. The number of hydrogen-bond acceptors (Lipinski definition) is 1. The number of rotatable bonds is 2. The molecule has 0 radical (unpaired) electrons. The van der Waals surface area contributed by atoms with E-state index in [9.17, 15) is 4.79 Å². The highest BCUT2D eigenvalue weighted by Gasteiger charge is 2.28. The molecule has 1 heterocycles. The molecule has 0 saturated heterocycles. The highest BCUT2D eigenvalue weighted by Crippen LogP contribution is 2.31. The van der Waals surface area contributed by atoms with Crippen LogP contribution in [0.2, 0.25) is 0 Å². The van der Waals surface area contributed by atoms with Crippen molar-refractivity contribution < 1.29 is 4.79 Å². The summed E-state index contributed by atoms with van der Waals surface area (Å²) in [4.78, 5) is 12.0. The minimum absolute atomic E-state index is 0.00716. The van der Waals surface area contributed by atoms with Crippen molar-refractivity contribution in [2.75, 3.05) is 0 Å². The Bertz CT molecular complexity index is 822. The zero-order valence-electron chi connectivity index (χ0n) is 12.0. The van der Waals surface area contributed by atoms with Crippen LogP contribution in [0.25, 0.3) is 11.1 Å². The van der Waals surface area contributed by atoms with Crippen molar-refractivity contribution >= 4 is 5.91 Å². The van der Waals surface area contributed by atoms with Gasteiger partial charge in [0.25, 0.3) is 5.91 Å². The predicted molar refractivity (Wildman–Crippen MR) is 87.6 cm³/mol. The maximum absolute atomic E-state index is 12.0. The fourth-order valence-electron chi connectivity index (χ4n) is 3.00. The molecule has 3 aromatic carbocycles. The van der Waals surface area contributed by atoms with Gasteiger partial charge in [0.2, 0.25) is 0 Å². The van der Waals surface area contributed by atoms with Crippen molar-refractivity contribution in [2.45, 2.75) is 6.04 Å². The molecule has 3 aromatic rings. The van der Waals surface area contributed by atoms with Gasteiger partial charge >= 0.3 is 0 Å². The summed E-state index contributed by atoms with van der Waals surface area (Å²) in [7, 11) is 0. The van der Waals surface area contributed by atoms with Gasteiger partial charge in [0.15, 0.2) is 0 Å². The molecule has 0 bridgehead atoms. The van der Waals surface area contributed by atoms with Crippen molar-refractivity contribution in [1.29, 1.82) is 0 Å². The van der Waals surface area contributed by atoms with Gasteiger partial charge in [-0.2, -0.15) is 0 Å². The molecule has 2 nitrogen and oxygen atoms in total. The lowest BCUT2D eigenvalue weighted by molar-refractivity contribution is 0.0960. The molecule has 0 aliphatic carbocycles. The van der Waals surface area contributed by atoms with Crippen LogP contribution in [0.15, 0.2) is 78.9 Å². The van der Waals surface area contributed by atoms with E-state index in [1.54, 1.807) is 0 Å². The van der Waals surface area contributed by atoms with Crippen LogP contribution < -0.4 is 5.32 Å². The van der Waals surface area contributed by atoms with E-state index in [4.69, 9.17) is 0 Å². The van der Waals surface area contributed by atoms with Crippen LogP contribution >= 0.6 is 0 Å². The van der Waals surface area contributed by atoms with Crippen LogP contribution in [0.1, 0.15) is 27.5 Å². The molecule has 22 heavy (non-hydrogen) atoms. The maximum Gasteiger partial charge on any atom is 0.252 e. The second kappa shape index (κ2) is 5.15. The zero-order chi connectivity index (χ0) is 14.9. The Hall–Kier alpha value is -2.87. The van der Waals surface area contributed by atoms with Gasteiger partial charge in [0.05, 0.1) is 6.04 Å². The summed E-state index contributed by atoms with van der Waals surface area (Å²) in [6, 6.07) is 26.4. The summed E-state index contributed by atoms with van der Waals surface area (Å²) in [5, 5.41) is 3.06. The third kappa shape index (κ3) is 2.09. The summed E-state index contributed by atoms with van der Waals surface area (Å²) in [6.07, 6.45) is 0. The Labute approximate surface area is 129 Å². The van der Waals surface area contributed by atoms with E-state index in [2.05, 4.69) is 41.7 Å². The number of amides is 1. The van der Waals surface area contributed by atoms with Gasteiger partial charge in [-0.1, -0.05) is 72.8 Å². The van der Waals surface area contributed by atoms with Crippen molar-refractivity contribution in [3.05, 3.63) is 95.6 Å². The average Bonchev–Trinajstić information content (AvgIpc) is 2.93. The number of carbonyl (C=O) groups excluding carboxylic acids is 1. The van der Waals surface area contributed by atoms with Gasteiger partial charge in [-0.3, -0.25) is 4.79 Å². The van der Waals surface area contributed by atoms with E-state index in [-0.39, 0.29) is 11.9 Å². The van der Waals surface area contributed by atoms with Gasteiger partial charge in [-0.05, 0) is 28.3 Å². The highest BCUT2D eigenvalue weighted by atomic mass is 16.2. The number of fused-ring (bicyclic) bond motifs is 1. The first-order chi connectivity index (χ1) is 10.8. The molecule has 1 N–H and O–H groups in total. The minimum Gasteiger partial charge on any atom is -0.341 e. The van der Waals surface area contributed by atoms with Crippen LogP contribution in [0.5, 0.6) is 0 Å². The Kier molecular flexibility index (Phi) is 3.01. The Morgan fingerprint density at radius 3 is 2.09 bits per heavy atom. The number of nitrogens with one attached hydrogen (secondary N) is 1. The first-order valence-corrected chi connectivity index (χ1v) is 7.38. The number of benzene rings is 3. The van der Waals surface area contributed by atoms with Gasteiger partial charge < -0.3 is 5.32 Å². The quantitative estimate of drug-likeness (QED) is 0.751. The van der Waals surface area contributed by atoms with Gasteiger partial charge in [0, 0.05) is 5.56 Å². The zero-order valence-corrected chi connectivity index (χ0v) is 12.0. The fraction of sp³-hybridized carbons (Fsp3) is 0.0500. The summed E-state index contributed by atoms with van der Waals surface area (Å²) in [5.74, 6) is 0.00716. The number of carbonyl (C=O) groups is 1. The van der Waals surface area contributed by atoms with Crippen molar-refractivity contribution in [2.24, 2.45) is 0 Å². The highest BCUT2D eigenvalue weighted by molar-refractivity contribution is 5.99. The van der Waals surface area contributed by atoms with E-state index in [0.29, 0.717) is 0 Å². The molecule has 1 atom stereocenters. The smallest absolute Gasteiger partial charge is 0.252 e. The molecule has 0 spiro atoms. The van der Waals surface area contributed by atoms with Crippen LogP contribution in [0.3, 0.4) is 0 Å². The van der Waals surface area contributed by atoms with Crippen molar-refractivity contribution in [1.82, 2.24) is 5.32 Å². The molecule has 1 unspecified atom stereocenters. The van der Waals surface area contributed by atoms with Gasteiger partial charge in [-0.15, -0.1) is 0 Å². The molecular formula is C20H15NO. The molecule has 0 saturated carbocycles. The monoisotopic (exact) mass is 285 g/mol. The van der Waals surface area contributed by atoms with Crippen LogP contribution in [-0.4, -0.2) is 5.91 Å². The summed E-state index contributed by atoms with van der Waals surface area (Å²) in [6.45, 7) is 0. The topological polar surface area (TPSA) is 29.1 Å². The second-order valence-electron chi connectivity index (χ2n) is 5.48. The summed E-state index contributed by atoms with van der Waals surface area (Å²) >= 11 is 0. The molecule has 1 amide bonds. The Balaban J connectivity index is 1.69. The first kappa shape index (κ1) is 12.8. The predicted octanol–water partition coefficient (Wildman–Crippen LogP) is 4.19. The molecular weight excluding hydrogens is 270 g/mol. The second-order valence-corrected chi connectivity index (χ2v) is 5.48. The van der Waals surface area contributed by atoms with Crippen molar-refractivity contribution in [3.63, 3.8) is 0 Å². The Morgan fingerprint density at radius 2 is 1.32 bits per heavy atom. The lowest BCUT2D eigenvalue weighted by atomic mass is 9.96. The largest absolute Gasteiger partial charge is 0.341 e. The normalized spacial score (nSPS) is 16.2. The van der Waals surface area contributed by atoms with Crippen LogP contribution in [0, 0.1) is 0 Å². The molecule has 1 aliphatic rings. The average molecular weight is 285 g/mol. The van der Waals surface area contributed by atoms with E-state index >= 15 is 0 Å². The maximum atomic E-state index is 12.0. The van der Waals surface area contributed by atoms with E-state index in [1.165, 1.54) is 11.1 Å². The SMILES string of the molecule is O=C1NC(c2ccc(-c3ccccc3)cc2)c2ccccc21. The van der Waals surface area contributed by atoms with E-state index in [0.717, 1.165) is 16.7 Å². The first-order valence-electron chi connectivity index (χ1n) is 7.38. The van der Waals surface area contributed by atoms with Crippen LogP contribution in [-0.2, 0) is 0 Å². The molecule has 4 rings (SSSR count). The van der Waals surface area contributed by atoms with Gasteiger partial charge in [0.1, 0.15) is 0 Å². The van der Waals surface area contributed by atoms with E-state index in [1.807, 2.05) is 42.5 Å². The third-order valence-electron chi connectivity index (χ3n) is 4.14. The lowest BCUT2D eigenvalue weighted by Gasteiger charge is -2.13. The molecule has 106 valence electrons. The third-order valence-corrected chi connectivity index (χ3v) is 4.14. The fourth-order valence-corrected chi connectivity index (χ4v) is 3.00. The number of hydrogen-bond donors (Lipinski definition) is 1. The van der Waals surface area contributed by atoms with E-state index < -0.39 is 0 Å². The molecule has 0 aromatic heterocycles. The standard InChI is InChI=1S/C20H15NO/c22-20-18-9-5-4-8-17(18)19(21-20)16-12-10-15(11-13-16)14-6-2-1-3-7-14/h1-13,19H,(H,21,22). The van der Waals surface area contributed by atoms with Crippen molar-refractivity contribution in [3.8, 4) is 11.1 Å². The summed E-state index contributed by atoms with van der Waals surface area (Å²) in [5.41, 5.74) is 5.32.